The second-order valence-corrected chi connectivity index (χ2v) is 3.60. The molecule has 0 saturated carbocycles. The van der Waals surface area contributed by atoms with Gasteiger partial charge in [0.05, 0.1) is 12.8 Å². The molecule has 0 bridgehead atoms. The van der Waals surface area contributed by atoms with Crippen molar-refractivity contribution in [2.75, 3.05) is 6.61 Å². The highest BCUT2D eigenvalue weighted by Crippen LogP contribution is 2.27. The molecule has 8 heteroatoms. The van der Waals surface area contributed by atoms with E-state index in [2.05, 4.69) is 10.3 Å². The molecule has 0 radical (unpaired) electrons. The van der Waals surface area contributed by atoms with Crippen LogP contribution in [0.1, 0.15) is 6.23 Å². The summed E-state index contributed by atoms with van der Waals surface area (Å²) in [5, 5.41) is 44.9. The van der Waals surface area contributed by atoms with Crippen LogP contribution in [0.5, 0.6) is 0 Å². The summed E-state index contributed by atoms with van der Waals surface area (Å²) in [5.74, 6) is 0. The lowest BCUT2D eigenvalue weighted by Crippen LogP contribution is -2.56. The Morgan fingerprint density at radius 3 is 2.50 bits per heavy atom. The Morgan fingerprint density at radius 1 is 1.19 bits per heavy atom. The van der Waals surface area contributed by atoms with Gasteiger partial charge in [-0.05, 0) is 0 Å². The molecule has 0 aliphatic carbocycles. The molecule has 90 valence electrons. The molecule has 1 aromatic rings. The molecule has 0 unspecified atom stereocenters. The second-order valence-electron chi connectivity index (χ2n) is 3.60. The normalized spacial score (nSPS) is 39.9. The topological polar surface area (TPSA) is 121 Å². The standard InChI is InChI=1S/C8H13N3O5/c12-3-4-5(13)6(14)7(15)8(16-4)11-2-1-9-10-11/h1-2,4-8,12-15H,3H2/t4-,5-,6+,7-,8-/m1/s1. The minimum atomic E-state index is -1.40. The van der Waals surface area contributed by atoms with Crippen LogP contribution in [0, 0.1) is 0 Å². The average Bonchev–Trinajstić information content (AvgIpc) is 2.80. The van der Waals surface area contributed by atoms with E-state index in [4.69, 9.17) is 9.84 Å². The molecular formula is C8H13N3O5. The molecule has 1 saturated heterocycles. The van der Waals surface area contributed by atoms with Gasteiger partial charge in [-0.15, -0.1) is 5.10 Å². The lowest BCUT2D eigenvalue weighted by atomic mass is 9.98. The average molecular weight is 231 g/mol. The van der Waals surface area contributed by atoms with Gasteiger partial charge in [-0.25, -0.2) is 4.68 Å². The molecule has 1 aliphatic heterocycles. The van der Waals surface area contributed by atoms with Crippen LogP contribution in [0.3, 0.4) is 0 Å². The van der Waals surface area contributed by atoms with Gasteiger partial charge in [0.1, 0.15) is 24.4 Å². The molecule has 8 nitrogen and oxygen atoms in total. The highest BCUT2D eigenvalue weighted by molar-refractivity contribution is 4.90. The van der Waals surface area contributed by atoms with Crippen LogP contribution in [-0.2, 0) is 4.74 Å². The molecule has 1 aromatic heterocycles. The number of aliphatic hydroxyl groups excluding tert-OH is 4. The van der Waals surface area contributed by atoms with Crippen LogP contribution in [-0.4, -0.2) is 66.4 Å². The van der Waals surface area contributed by atoms with E-state index in [1.807, 2.05) is 0 Å². The summed E-state index contributed by atoms with van der Waals surface area (Å²) in [5.41, 5.74) is 0. The van der Waals surface area contributed by atoms with Gasteiger partial charge in [-0.1, -0.05) is 5.21 Å². The van der Waals surface area contributed by atoms with E-state index in [9.17, 15) is 15.3 Å². The summed E-state index contributed by atoms with van der Waals surface area (Å²) < 4.78 is 6.44. The van der Waals surface area contributed by atoms with Crippen molar-refractivity contribution in [3.05, 3.63) is 12.4 Å². The van der Waals surface area contributed by atoms with Crippen LogP contribution >= 0.6 is 0 Å². The summed E-state index contributed by atoms with van der Waals surface area (Å²) in [7, 11) is 0. The van der Waals surface area contributed by atoms with Crippen molar-refractivity contribution in [1.82, 2.24) is 15.0 Å². The monoisotopic (exact) mass is 231 g/mol. The zero-order valence-electron chi connectivity index (χ0n) is 8.29. The van der Waals surface area contributed by atoms with E-state index in [-0.39, 0.29) is 0 Å². The maximum atomic E-state index is 9.69. The van der Waals surface area contributed by atoms with Crippen molar-refractivity contribution in [3.8, 4) is 0 Å². The van der Waals surface area contributed by atoms with E-state index in [0.29, 0.717) is 0 Å². The Balaban J connectivity index is 2.20. The van der Waals surface area contributed by atoms with Crippen molar-refractivity contribution in [3.63, 3.8) is 0 Å². The number of aromatic nitrogens is 3. The molecule has 2 heterocycles. The van der Waals surface area contributed by atoms with Crippen LogP contribution in [0.2, 0.25) is 0 Å². The van der Waals surface area contributed by atoms with Crippen molar-refractivity contribution in [1.29, 1.82) is 0 Å². The first kappa shape index (κ1) is 11.4. The number of aliphatic hydroxyl groups is 4. The fourth-order valence-corrected chi connectivity index (χ4v) is 1.65. The molecule has 4 N–H and O–H groups in total. The maximum absolute atomic E-state index is 9.69. The molecular weight excluding hydrogens is 218 g/mol. The number of nitrogens with zero attached hydrogens (tertiary/aromatic N) is 3. The fraction of sp³-hybridized carbons (Fsp3) is 0.750. The molecule has 16 heavy (non-hydrogen) atoms. The fourth-order valence-electron chi connectivity index (χ4n) is 1.65. The van der Waals surface area contributed by atoms with Gasteiger partial charge in [0.15, 0.2) is 6.23 Å². The highest BCUT2D eigenvalue weighted by atomic mass is 16.6. The minimum Gasteiger partial charge on any atom is -0.394 e. The molecule has 0 aromatic carbocycles. The molecule has 1 aliphatic rings. The Bertz CT molecular complexity index is 330. The summed E-state index contributed by atoms with van der Waals surface area (Å²) in [6.45, 7) is -0.462. The lowest BCUT2D eigenvalue weighted by molar-refractivity contribution is -0.254. The van der Waals surface area contributed by atoms with Gasteiger partial charge < -0.3 is 25.2 Å². The first-order valence-corrected chi connectivity index (χ1v) is 4.81. The van der Waals surface area contributed by atoms with Crippen molar-refractivity contribution < 1.29 is 25.2 Å². The molecule has 1 fully saturated rings. The number of hydrogen-bond acceptors (Lipinski definition) is 7. The largest absolute Gasteiger partial charge is 0.394 e. The first-order chi connectivity index (χ1) is 7.65. The van der Waals surface area contributed by atoms with E-state index in [1.165, 1.54) is 17.1 Å². The van der Waals surface area contributed by atoms with Gasteiger partial charge in [-0.2, -0.15) is 0 Å². The summed E-state index contributed by atoms with van der Waals surface area (Å²) in [6, 6.07) is 0. The van der Waals surface area contributed by atoms with Gasteiger partial charge in [0.25, 0.3) is 0 Å². The van der Waals surface area contributed by atoms with Gasteiger partial charge in [-0.3, -0.25) is 0 Å². The molecule has 5 atom stereocenters. The summed E-state index contributed by atoms with van der Waals surface area (Å²) in [6.07, 6.45) is -3.17. The van der Waals surface area contributed by atoms with E-state index < -0.39 is 37.3 Å². The van der Waals surface area contributed by atoms with Gasteiger partial charge >= 0.3 is 0 Å². The van der Waals surface area contributed by atoms with E-state index in [0.717, 1.165) is 0 Å². The zero-order valence-corrected chi connectivity index (χ0v) is 8.29. The quantitative estimate of drug-likeness (QED) is 0.435. The predicted octanol–water partition coefficient (Wildman–Crippen LogP) is -2.75. The van der Waals surface area contributed by atoms with Crippen molar-refractivity contribution >= 4 is 0 Å². The number of hydrogen-bond donors (Lipinski definition) is 4. The minimum absolute atomic E-state index is 0.462. The number of rotatable bonds is 2. The smallest absolute Gasteiger partial charge is 0.180 e. The second kappa shape index (κ2) is 4.44. The summed E-state index contributed by atoms with van der Waals surface area (Å²) in [4.78, 5) is 0. The third-order valence-corrected chi connectivity index (χ3v) is 2.57. The third kappa shape index (κ3) is 1.81. The van der Waals surface area contributed by atoms with E-state index >= 15 is 0 Å². The SMILES string of the molecule is OC[C@H]1O[C@@H](n2ccnn2)[C@H](O)[C@@H](O)[C@@H]1O. The van der Waals surface area contributed by atoms with Crippen LogP contribution in [0.25, 0.3) is 0 Å². The van der Waals surface area contributed by atoms with Gasteiger partial charge in [0, 0.05) is 6.20 Å². The van der Waals surface area contributed by atoms with Gasteiger partial charge in [0.2, 0.25) is 0 Å². The van der Waals surface area contributed by atoms with Crippen LogP contribution in [0.15, 0.2) is 12.4 Å². The van der Waals surface area contributed by atoms with Crippen LogP contribution < -0.4 is 0 Å². The Labute approximate surface area is 90.7 Å². The zero-order chi connectivity index (χ0) is 11.7. The molecule has 0 spiro atoms. The van der Waals surface area contributed by atoms with E-state index in [1.54, 1.807) is 0 Å². The highest BCUT2D eigenvalue weighted by Gasteiger charge is 2.44. The Kier molecular flexibility index (Phi) is 3.17. The predicted molar refractivity (Wildman–Crippen MR) is 49.0 cm³/mol. The number of ether oxygens (including phenoxy) is 1. The Hall–Kier alpha value is -1.06. The lowest BCUT2D eigenvalue weighted by Gasteiger charge is -2.39. The molecule has 0 amide bonds. The third-order valence-electron chi connectivity index (χ3n) is 2.57. The summed E-state index contributed by atoms with van der Waals surface area (Å²) >= 11 is 0. The Morgan fingerprint density at radius 2 is 1.94 bits per heavy atom. The van der Waals surface area contributed by atoms with Crippen molar-refractivity contribution in [2.24, 2.45) is 0 Å². The van der Waals surface area contributed by atoms with Crippen molar-refractivity contribution in [2.45, 2.75) is 30.6 Å². The first-order valence-electron chi connectivity index (χ1n) is 4.81. The maximum Gasteiger partial charge on any atom is 0.180 e. The molecule has 2 rings (SSSR count). The van der Waals surface area contributed by atoms with Crippen LogP contribution in [0.4, 0.5) is 0 Å².